The summed E-state index contributed by atoms with van der Waals surface area (Å²) in [6, 6.07) is 28.0. The second kappa shape index (κ2) is 9.21. The van der Waals surface area contributed by atoms with E-state index in [1.54, 1.807) is 0 Å². The molecule has 0 bridgehead atoms. The predicted octanol–water partition coefficient (Wildman–Crippen LogP) is 8.80. The molecule has 0 aliphatic carbocycles. The molecule has 0 unspecified atom stereocenters. The van der Waals surface area contributed by atoms with Crippen molar-refractivity contribution in [3.8, 4) is 0 Å². The summed E-state index contributed by atoms with van der Waals surface area (Å²) in [6.45, 7) is 15.9. The van der Waals surface area contributed by atoms with Gasteiger partial charge in [-0.15, -0.1) is 0 Å². The first-order chi connectivity index (χ1) is 14.3. The first-order valence-electron chi connectivity index (χ1n) is 11.6. The van der Waals surface area contributed by atoms with Crippen LogP contribution < -0.4 is 0 Å². The first-order valence-corrected chi connectivity index (χ1v) is 11.6. The van der Waals surface area contributed by atoms with Crippen molar-refractivity contribution in [2.45, 2.75) is 78.1 Å². The van der Waals surface area contributed by atoms with Crippen LogP contribution in [0.15, 0.2) is 72.8 Å². The van der Waals surface area contributed by atoms with E-state index in [2.05, 4.69) is 121 Å². The van der Waals surface area contributed by atoms with Gasteiger partial charge >= 0.3 is 0 Å². The minimum Gasteiger partial charge on any atom is -0.0639 e. The third-order valence-corrected chi connectivity index (χ3v) is 6.74. The van der Waals surface area contributed by atoms with Crippen LogP contribution in [-0.4, -0.2) is 0 Å². The van der Waals surface area contributed by atoms with Gasteiger partial charge < -0.3 is 0 Å². The molecule has 0 aliphatic heterocycles. The minimum absolute atomic E-state index is 0.138. The molecule has 3 rings (SSSR count). The molecule has 0 heteroatoms. The highest BCUT2D eigenvalue weighted by Crippen LogP contribution is 2.43. The van der Waals surface area contributed by atoms with E-state index in [1.165, 1.54) is 33.4 Å². The van der Waals surface area contributed by atoms with Crippen molar-refractivity contribution in [1.29, 1.82) is 0 Å². The maximum atomic E-state index is 2.35. The Bertz CT molecular complexity index is 798. The standard InChI is InChI=1S/C30H38/c1-8-30(27-15-9-24(10-16-27)21(2)3,28-17-11-25(12-18-28)22(4)5)29-19-13-26(14-20-29)23(6)7/h9-23H,8H2,1-7H3. The second-order valence-electron chi connectivity index (χ2n) is 9.59. The van der Waals surface area contributed by atoms with E-state index in [9.17, 15) is 0 Å². The SMILES string of the molecule is CCC(c1ccc(C(C)C)cc1)(c1ccc(C(C)C)cc1)c1ccc(C(C)C)cc1. The van der Waals surface area contributed by atoms with Crippen LogP contribution in [-0.2, 0) is 5.41 Å². The molecule has 158 valence electrons. The Balaban J connectivity index is 2.20. The summed E-state index contributed by atoms with van der Waals surface area (Å²) in [5, 5.41) is 0. The third kappa shape index (κ3) is 4.24. The van der Waals surface area contributed by atoms with Crippen molar-refractivity contribution < 1.29 is 0 Å². The Hall–Kier alpha value is -2.34. The summed E-state index contributed by atoms with van der Waals surface area (Å²) in [7, 11) is 0. The Morgan fingerprint density at radius 2 is 0.700 bits per heavy atom. The lowest BCUT2D eigenvalue weighted by atomic mass is 9.67. The Morgan fingerprint density at radius 3 is 0.867 bits per heavy atom. The normalized spacial score (nSPS) is 12.2. The summed E-state index contributed by atoms with van der Waals surface area (Å²) in [4.78, 5) is 0. The van der Waals surface area contributed by atoms with Crippen molar-refractivity contribution in [3.63, 3.8) is 0 Å². The van der Waals surface area contributed by atoms with Crippen LogP contribution in [0, 0.1) is 0 Å². The van der Waals surface area contributed by atoms with E-state index >= 15 is 0 Å². The zero-order valence-electron chi connectivity index (χ0n) is 19.9. The van der Waals surface area contributed by atoms with Gasteiger partial charge in [0.2, 0.25) is 0 Å². The van der Waals surface area contributed by atoms with Gasteiger partial charge in [0, 0.05) is 5.41 Å². The van der Waals surface area contributed by atoms with Gasteiger partial charge in [0.1, 0.15) is 0 Å². The van der Waals surface area contributed by atoms with Gasteiger partial charge in [-0.1, -0.05) is 121 Å². The number of benzene rings is 3. The maximum absolute atomic E-state index is 2.35. The molecule has 0 aromatic heterocycles. The van der Waals surface area contributed by atoms with Crippen molar-refractivity contribution >= 4 is 0 Å². The average Bonchev–Trinajstić information content (AvgIpc) is 2.75. The molecule has 0 aliphatic rings. The Labute approximate surface area is 184 Å². The summed E-state index contributed by atoms with van der Waals surface area (Å²) >= 11 is 0. The van der Waals surface area contributed by atoms with Crippen molar-refractivity contribution in [1.82, 2.24) is 0 Å². The van der Waals surface area contributed by atoms with Crippen LogP contribution >= 0.6 is 0 Å². The summed E-state index contributed by atoms with van der Waals surface area (Å²) in [5.74, 6) is 1.64. The van der Waals surface area contributed by atoms with Crippen molar-refractivity contribution in [2.75, 3.05) is 0 Å². The number of hydrogen-bond donors (Lipinski definition) is 0. The molecule has 3 aromatic rings. The Morgan fingerprint density at radius 1 is 0.467 bits per heavy atom. The van der Waals surface area contributed by atoms with Crippen LogP contribution in [0.1, 0.15) is 106 Å². The molecular formula is C30H38. The largest absolute Gasteiger partial charge is 0.0639 e. The smallest absolute Gasteiger partial charge is 0.0448 e. The van der Waals surface area contributed by atoms with Gasteiger partial charge in [-0.3, -0.25) is 0 Å². The van der Waals surface area contributed by atoms with Gasteiger partial charge in [0.15, 0.2) is 0 Å². The summed E-state index contributed by atoms with van der Waals surface area (Å²) in [6.07, 6.45) is 1.02. The van der Waals surface area contributed by atoms with E-state index in [0.29, 0.717) is 17.8 Å². The highest BCUT2D eigenvalue weighted by atomic mass is 14.4. The maximum Gasteiger partial charge on any atom is 0.0448 e. The molecule has 3 aromatic carbocycles. The molecule has 0 radical (unpaired) electrons. The van der Waals surface area contributed by atoms with E-state index in [0.717, 1.165) is 6.42 Å². The Kier molecular flexibility index (Phi) is 6.86. The fraction of sp³-hybridized carbons (Fsp3) is 0.400. The summed E-state index contributed by atoms with van der Waals surface area (Å²) in [5.41, 5.74) is 8.19. The molecule has 0 N–H and O–H groups in total. The van der Waals surface area contributed by atoms with Gasteiger partial charge in [0.05, 0.1) is 0 Å². The molecule has 0 saturated heterocycles. The van der Waals surface area contributed by atoms with E-state index < -0.39 is 0 Å². The monoisotopic (exact) mass is 398 g/mol. The lowest BCUT2D eigenvalue weighted by molar-refractivity contribution is 0.592. The lowest BCUT2D eigenvalue weighted by Gasteiger charge is -2.36. The first kappa shape index (κ1) is 22.3. The predicted molar refractivity (Wildman–Crippen MR) is 132 cm³/mol. The van der Waals surface area contributed by atoms with Gasteiger partial charge in [0.25, 0.3) is 0 Å². The average molecular weight is 399 g/mol. The van der Waals surface area contributed by atoms with Crippen molar-refractivity contribution in [2.24, 2.45) is 0 Å². The highest BCUT2D eigenvalue weighted by molar-refractivity contribution is 5.52. The van der Waals surface area contributed by atoms with Crippen molar-refractivity contribution in [3.05, 3.63) is 106 Å². The molecule has 0 fully saturated rings. The van der Waals surface area contributed by atoms with E-state index in [4.69, 9.17) is 0 Å². The van der Waals surface area contributed by atoms with Crippen LogP contribution in [0.3, 0.4) is 0 Å². The van der Waals surface area contributed by atoms with Gasteiger partial charge in [-0.2, -0.15) is 0 Å². The fourth-order valence-corrected chi connectivity index (χ4v) is 4.57. The van der Waals surface area contributed by atoms with Crippen LogP contribution in [0.25, 0.3) is 0 Å². The molecule has 0 amide bonds. The quantitative estimate of drug-likeness (QED) is 0.349. The molecular weight excluding hydrogens is 360 g/mol. The van der Waals surface area contributed by atoms with Crippen LogP contribution in [0.5, 0.6) is 0 Å². The second-order valence-corrected chi connectivity index (χ2v) is 9.59. The molecule has 0 nitrogen and oxygen atoms in total. The van der Waals surface area contributed by atoms with Gasteiger partial charge in [-0.05, 0) is 57.6 Å². The number of hydrogen-bond acceptors (Lipinski definition) is 0. The lowest BCUT2D eigenvalue weighted by Crippen LogP contribution is -2.28. The van der Waals surface area contributed by atoms with E-state index in [-0.39, 0.29) is 5.41 Å². The molecule has 0 heterocycles. The summed E-state index contributed by atoms with van der Waals surface area (Å²) < 4.78 is 0. The topological polar surface area (TPSA) is 0 Å². The third-order valence-electron chi connectivity index (χ3n) is 6.74. The molecule has 0 spiro atoms. The van der Waals surface area contributed by atoms with Crippen LogP contribution in [0.4, 0.5) is 0 Å². The van der Waals surface area contributed by atoms with Gasteiger partial charge in [-0.25, -0.2) is 0 Å². The molecule has 0 saturated carbocycles. The van der Waals surface area contributed by atoms with Crippen LogP contribution in [0.2, 0.25) is 0 Å². The molecule has 0 atom stereocenters. The molecule has 30 heavy (non-hydrogen) atoms. The zero-order chi connectivity index (χ0) is 21.9. The zero-order valence-corrected chi connectivity index (χ0v) is 19.9. The van der Waals surface area contributed by atoms with E-state index in [1.807, 2.05) is 0 Å². The minimum atomic E-state index is -0.138. The fourth-order valence-electron chi connectivity index (χ4n) is 4.57. The highest BCUT2D eigenvalue weighted by Gasteiger charge is 2.34. The number of rotatable bonds is 7.